The summed E-state index contributed by atoms with van der Waals surface area (Å²) in [4.78, 5) is 4.74. The number of hydrogen-bond donors (Lipinski definition) is 0. The maximum absolute atomic E-state index is 2.37. The highest BCUT2D eigenvalue weighted by molar-refractivity contribution is 5.85. The summed E-state index contributed by atoms with van der Waals surface area (Å²) in [5.74, 6) is 0. The summed E-state index contributed by atoms with van der Waals surface area (Å²) < 4.78 is 0. The van der Waals surface area contributed by atoms with Crippen molar-refractivity contribution in [3.05, 3.63) is 0 Å². The van der Waals surface area contributed by atoms with E-state index in [4.69, 9.17) is 0 Å². The molecule has 0 aromatic heterocycles. The molecule has 0 aliphatic carbocycles. The van der Waals surface area contributed by atoms with E-state index in [0.29, 0.717) is 0 Å². The number of hydrogen-bond acceptors (Lipinski definition) is 2. The summed E-state index contributed by atoms with van der Waals surface area (Å²) in [6.45, 7) is 13.4. The molecule has 0 aliphatic heterocycles. The van der Waals surface area contributed by atoms with Crippen LogP contribution >= 0.6 is 24.8 Å². The fourth-order valence-corrected chi connectivity index (χ4v) is 4.33. The van der Waals surface area contributed by atoms with Crippen LogP contribution < -0.4 is 0 Å². The minimum atomic E-state index is 0. The van der Waals surface area contributed by atoms with Gasteiger partial charge in [0.25, 0.3) is 0 Å². The molecule has 0 rings (SSSR count). The first-order valence-corrected chi connectivity index (χ1v) is 15.2. The maximum Gasteiger partial charge on any atom is 0.00865 e. The van der Waals surface area contributed by atoms with E-state index < -0.39 is 0 Å². The Hall–Kier alpha value is 0.500. The third kappa shape index (κ3) is 39.2. The van der Waals surface area contributed by atoms with Crippen LogP contribution in [-0.2, 0) is 0 Å². The molecule has 0 saturated heterocycles. The Morgan fingerprint density at radius 3 is 0.829 bits per heavy atom. The second-order valence-corrected chi connectivity index (χ2v) is 10.6. The van der Waals surface area contributed by atoms with Gasteiger partial charge in [-0.3, -0.25) is 0 Å². The van der Waals surface area contributed by atoms with Crippen molar-refractivity contribution in [2.75, 3.05) is 28.2 Å². The van der Waals surface area contributed by atoms with E-state index in [0.717, 1.165) is 12.1 Å². The monoisotopic (exact) mass is 543 g/mol. The van der Waals surface area contributed by atoms with Gasteiger partial charge in [-0.2, -0.15) is 0 Å². The first-order chi connectivity index (χ1) is 15.9. The normalized spacial score (nSPS) is 12.0. The van der Waals surface area contributed by atoms with Gasteiger partial charge in [-0.25, -0.2) is 0 Å². The van der Waals surface area contributed by atoms with Crippen LogP contribution in [0.15, 0.2) is 0 Å². The lowest BCUT2D eigenvalue weighted by molar-refractivity contribution is 0.264. The zero-order chi connectivity index (χ0) is 25.7. The van der Waals surface area contributed by atoms with Crippen molar-refractivity contribution >= 4 is 24.8 Å². The summed E-state index contributed by atoms with van der Waals surface area (Å²) in [5.41, 5.74) is 0. The molecule has 2 nitrogen and oxygen atoms in total. The van der Waals surface area contributed by atoms with Gasteiger partial charge in [0.1, 0.15) is 0 Å². The van der Waals surface area contributed by atoms with Gasteiger partial charge in [0.2, 0.25) is 0 Å². The van der Waals surface area contributed by atoms with Crippen molar-refractivity contribution in [1.29, 1.82) is 0 Å². The molecule has 0 fully saturated rings. The Bertz CT molecular complexity index is 295. The van der Waals surface area contributed by atoms with Crippen LogP contribution in [0.5, 0.6) is 0 Å². The quantitative estimate of drug-likeness (QED) is 0.141. The van der Waals surface area contributed by atoms with Crippen LogP contribution in [0.25, 0.3) is 0 Å². The Morgan fingerprint density at radius 2 is 0.629 bits per heavy atom. The molecular formula is C31H72Cl2N2. The van der Waals surface area contributed by atoms with Crippen molar-refractivity contribution in [2.45, 2.75) is 176 Å². The zero-order valence-electron chi connectivity index (χ0n) is 26.3. The third-order valence-electron chi connectivity index (χ3n) is 6.68. The first-order valence-electron chi connectivity index (χ1n) is 15.2. The number of nitrogens with zero attached hydrogens (tertiary/aromatic N) is 2. The minimum absolute atomic E-state index is 0. The highest BCUT2D eigenvalue weighted by Gasteiger charge is 2.08. The molecule has 35 heavy (non-hydrogen) atoms. The van der Waals surface area contributed by atoms with Gasteiger partial charge in [0, 0.05) is 12.1 Å². The molecule has 0 heterocycles. The Labute approximate surface area is 238 Å². The largest absolute Gasteiger partial charge is 0.306 e. The zero-order valence-corrected chi connectivity index (χ0v) is 27.9. The van der Waals surface area contributed by atoms with E-state index >= 15 is 0 Å². The molecule has 4 heteroatoms. The summed E-state index contributed by atoms with van der Waals surface area (Å²) in [6, 6.07) is 1.61. The number of unbranched alkanes of at least 4 members (excludes halogenated alkanes) is 12. The lowest BCUT2D eigenvalue weighted by Crippen LogP contribution is -2.26. The van der Waals surface area contributed by atoms with Crippen LogP contribution in [0.1, 0.15) is 164 Å². The molecular weight excluding hydrogens is 471 g/mol. The van der Waals surface area contributed by atoms with Crippen molar-refractivity contribution in [1.82, 2.24) is 9.80 Å². The molecule has 0 aromatic carbocycles. The van der Waals surface area contributed by atoms with Gasteiger partial charge in [-0.1, -0.05) is 138 Å². The van der Waals surface area contributed by atoms with Crippen molar-refractivity contribution in [2.24, 2.45) is 0 Å². The second kappa shape index (κ2) is 39.0. The van der Waals surface area contributed by atoms with E-state index in [1.807, 2.05) is 0 Å². The fraction of sp³-hybridized carbons (Fsp3) is 1.00. The third-order valence-corrected chi connectivity index (χ3v) is 6.68. The molecule has 220 valence electrons. The van der Waals surface area contributed by atoms with E-state index in [-0.39, 0.29) is 24.8 Å². The molecule has 0 amide bonds. The molecule has 0 aliphatic rings. The molecule has 0 spiro atoms. The standard InChI is InChI=1S/2C14H31N.C3H8.2ClH/c2*1-5-7-8-9-10-11-12-13-14(6-2)15(3)4;1-3-2;;/h2*14H,5-13H2,1-4H3;3H2,1-2H3;2*1H. The maximum atomic E-state index is 2.37. The molecule has 2 unspecified atom stereocenters. The summed E-state index contributed by atoms with van der Waals surface area (Å²) in [5, 5.41) is 0. The van der Waals surface area contributed by atoms with Gasteiger partial charge in [-0.05, 0) is 53.9 Å². The average Bonchev–Trinajstić information content (AvgIpc) is 2.78. The van der Waals surface area contributed by atoms with Crippen LogP contribution in [-0.4, -0.2) is 50.1 Å². The predicted molar refractivity (Wildman–Crippen MR) is 171 cm³/mol. The van der Waals surface area contributed by atoms with Crippen molar-refractivity contribution in [3.8, 4) is 0 Å². The second-order valence-electron chi connectivity index (χ2n) is 10.6. The van der Waals surface area contributed by atoms with Gasteiger partial charge in [0.05, 0.1) is 0 Å². The van der Waals surface area contributed by atoms with E-state index in [9.17, 15) is 0 Å². The first kappa shape index (κ1) is 45.4. The Balaban J connectivity index is -0.000000146. The molecule has 0 bridgehead atoms. The minimum Gasteiger partial charge on any atom is -0.306 e. The van der Waals surface area contributed by atoms with Crippen LogP contribution in [0.2, 0.25) is 0 Å². The average molecular weight is 544 g/mol. The van der Waals surface area contributed by atoms with Gasteiger partial charge < -0.3 is 9.80 Å². The van der Waals surface area contributed by atoms with Gasteiger partial charge >= 0.3 is 0 Å². The van der Waals surface area contributed by atoms with E-state index in [1.165, 1.54) is 122 Å². The topological polar surface area (TPSA) is 6.48 Å². The SMILES string of the molecule is CCC.CCCCCCCCCC(CC)N(C)C.CCCCCCCCCC(CC)N(C)C.Cl.Cl. The molecule has 2 atom stereocenters. The Kier molecular flexibility index (Phi) is 50.6. The van der Waals surface area contributed by atoms with Crippen molar-refractivity contribution < 1.29 is 0 Å². The molecule has 0 aromatic rings. The van der Waals surface area contributed by atoms with E-state index in [1.54, 1.807) is 0 Å². The Morgan fingerprint density at radius 1 is 0.400 bits per heavy atom. The highest BCUT2D eigenvalue weighted by atomic mass is 35.5. The molecule has 0 N–H and O–H groups in total. The van der Waals surface area contributed by atoms with Gasteiger partial charge in [-0.15, -0.1) is 24.8 Å². The van der Waals surface area contributed by atoms with E-state index in [2.05, 4.69) is 79.5 Å². The summed E-state index contributed by atoms with van der Waals surface area (Å²) in [7, 11) is 8.82. The van der Waals surface area contributed by atoms with Gasteiger partial charge in [0.15, 0.2) is 0 Å². The predicted octanol–water partition coefficient (Wildman–Crippen LogP) is 11.2. The number of halogens is 2. The summed E-state index contributed by atoms with van der Waals surface area (Å²) >= 11 is 0. The van der Waals surface area contributed by atoms with Crippen molar-refractivity contribution in [3.63, 3.8) is 0 Å². The number of rotatable bonds is 20. The lowest BCUT2D eigenvalue weighted by atomic mass is 10.0. The highest BCUT2D eigenvalue weighted by Crippen LogP contribution is 2.14. The van der Waals surface area contributed by atoms with Crippen LogP contribution in [0.4, 0.5) is 0 Å². The fourth-order valence-electron chi connectivity index (χ4n) is 4.33. The smallest absolute Gasteiger partial charge is 0.00865 e. The molecule has 0 saturated carbocycles. The van der Waals surface area contributed by atoms with Crippen LogP contribution in [0, 0.1) is 0 Å². The lowest BCUT2D eigenvalue weighted by Gasteiger charge is -2.22. The van der Waals surface area contributed by atoms with Crippen LogP contribution in [0.3, 0.4) is 0 Å². The summed E-state index contributed by atoms with van der Waals surface area (Å²) in [6.07, 6.45) is 26.6. The molecule has 0 radical (unpaired) electrons.